The molecule has 10 heteroatoms. The number of phosphoric acid groups is 1. The molecule has 0 radical (unpaired) electrons. The maximum atomic E-state index is 12.9. The lowest BCUT2D eigenvalue weighted by atomic mass is 10.0. The van der Waals surface area contributed by atoms with E-state index >= 15 is 0 Å². The first-order valence-electron chi connectivity index (χ1n) is 32.9. The minimum atomic E-state index is -4.40. The van der Waals surface area contributed by atoms with Crippen molar-refractivity contribution in [2.45, 2.75) is 264 Å². The Morgan fingerprint density at radius 3 is 1.04 bits per heavy atom. The molecule has 2 unspecified atom stereocenters. The van der Waals surface area contributed by atoms with Crippen LogP contribution in [0.15, 0.2) is 134 Å². The fourth-order valence-electron chi connectivity index (χ4n) is 8.63. The highest BCUT2D eigenvalue weighted by Crippen LogP contribution is 2.43. The van der Waals surface area contributed by atoms with E-state index in [-0.39, 0.29) is 32.0 Å². The van der Waals surface area contributed by atoms with Crippen LogP contribution in [0.1, 0.15) is 258 Å². The van der Waals surface area contributed by atoms with Crippen LogP contribution in [-0.4, -0.2) is 74.9 Å². The predicted octanol–water partition coefficient (Wildman–Crippen LogP) is 21.3. The average Bonchev–Trinajstić information content (AvgIpc) is 3.46. The van der Waals surface area contributed by atoms with Crippen molar-refractivity contribution in [2.24, 2.45) is 0 Å². The van der Waals surface area contributed by atoms with E-state index < -0.39 is 26.5 Å². The van der Waals surface area contributed by atoms with E-state index in [1.165, 1.54) is 109 Å². The minimum Gasteiger partial charge on any atom is -0.462 e. The van der Waals surface area contributed by atoms with Crippen LogP contribution in [0.3, 0.4) is 0 Å². The molecule has 2 atom stereocenters. The van der Waals surface area contributed by atoms with Crippen molar-refractivity contribution in [2.75, 3.05) is 47.5 Å². The Balaban J connectivity index is 4.12. The third-order valence-electron chi connectivity index (χ3n) is 13.7. The summed E-state index contributed by atoms with van der Waals surface area (Å²) in [6.45, 7) is 4.29. The van der Waals surface area contributed by atoms with Gasteiger partial charge in [-0.3, -0.25) is 18.6 Å². The van der Waals surface area contributed by atoms with Gasteiger partial charge in [-0.2, -0.15) is 0 Å². The van der Waals surface area contributed by atoms with E-state index in [9.17, 15) is 19.0 Å². The number of unbranched alkanes of at least 4 members (excludes halogenated alkanes) is 23. The Bertz CT molecular complexity index is 1850. The number of hydrogen-bond donors (Lipinski definition) is 1. The monoisotopic (exact) mass is 1160 g/mol. The summed E-state index contributed by atoms with van der Waals surface area (Å²) in [6.07, 6.45) is 89.6. The average molecular weight is 1160 g/mol. The number of allylic oxidation sites excluding steroid dienone is 22. The van der Waals surface area contributed by atoms with Gasteiger partial charge in [-0.05, 0) is 116 Å². The summed E-state index contributed by atoms with van der Waals surface area (Å²) in [6, 6.07) is 0. The molecule has 468 valence electrons. The zero-order valence-corrected chi connectivity index (χ0v) is 54.1. The fourth-order valence-corrected chi connectivity index (χ4v) is 9.37. The normalized spacial score (nSPS) is 14.1. The lowest BCUT2D eigenvalue weighted by Crippen LogP contribution is -2.37. The molecule has 0 saturated carbocycles. The summed E-state index contributed by atoms with van der Waals surface area (Å²) < 4.78 is 34.6. The lowest BCUT2D eigenvalue weighted by Gasteiger charge is -2.24. The number of esters is 2. The maximum Gasteiger partial charge on any atom is 0.472 e. The van der Waals surface area contributed by atoms with Gasteiger partial charge in [-0.15, -0.1) is 0 Å². The number of rotatable bonds is 59. The summed E-state index contributed by atoms with van der Waals surface area (Å²) >= 11 is 0. The molecule has 0 aromatic heterocycles. The summed E-state index contributed by atoms with van der Waals surface area (Å²) in [5, 5.41) is 0. The number of carbonyl (C=O) groups excluding carboxylic acids is 2. The first kappa shape index (κ1) is 78.1. The fraction of sp³-hybridized carbons (Fsp3) is 0.667. The van der Waals surface area contributed by atoms with E-state index in [0.717, 1.165) is 116 Å². The Morgan fingerprint density at radius 2 is 0.695 bits per heavy atom. The lowest BCUT2D eigenvalue weighted by molar-refractivity contribution is -0.870. The molecule has 0 spiro atoms. The van der Waals surface area contributed by atoms with E-state index in [0.29, 0.717) is 17.4 Å². The maximum absolute atomic E-state index is 12.9. The van der Waals surface area contributed by atoms with Gasteiger partial charge in [0, 0.05) is 12.8 Å². The van der Waals surface area contributed by atoms with Crippen molar-refractivity contribution in [3.05, 3.63) is 134 Å². The van der Waals surface area contributed by atoms with Gasteiger partial charge in [0.05, 0.1) is 27.7 Å². The zero-order valence-electron chi connectivity index (χ0n) is 53.2. The first-order valence-corrected chi connectivity index (χ1v) is 34.4. The summed E-state index contributed by atoms with van der Waals surface area (Å²) in [7, 11) is 1.46. The number of carbonyl (C=O) groups is 2. The molecule has 0 rings (SSSR count). The standard InChI is InChI=1S/C72H122NO8P/c1-6-8-10-12-14-16-18-20-22-24-26-28-29-30-31-32-33-34-35-36-37-38-39-40-41-42-43-45-47-49-51-53-55-57-59-61-63-65-72(75)81-70(69-80-82(76,77)79-67-66-73(3,4)5)68-78-71(74)64-62-60-58-56-54-52-50-48-46-44-27-25-23-21-19-17-15-13-11-9-7-2/h8,10,14,16,19-22,25-28,30-31,33-34,36-37,39-40,46,48,70H,6-7,9,11-13,15,17-18,23-24,29,32,35,38,41-45,47,49-69H2,1-5H3/p+1/b10-8-,16-14-,21-19-,22-20-,27-25-,28-26-,31-30-,34-33-,37-36-,40-39-,48-46-. The smallest absolute Gasteiger partial charge is 0.462 e. The number of ether oxygens (including phenoxy) is 2. The van der Waals surface area contributed by atoms with Gasteiger partial charge in [-0.25, -0.2) is 4.57 Å². The number of likely N-dealkylation sites (N-methyl/N-ethyl adjacent to an activating group) is 1. The molecule has 0 bridgehead atoms. The molecular weight excluding hydrogens is 1040 g/mol. The van der Waals surface area contributed by atoms with Crippen LogP contribution in [-0.2, 0) is 32.7 Å². The number of quaternary nitrogens is 1. The number of phosphoric ester groups is 1. The molecule has 1 N–H and O–H groups in total. The quantitative estimate of drug-likeness (QED) is 0.0211. The molecule has 0 aromatic carbocycles. The largest absolute Gasteiger partial charge is 0.472 e. The second-order valence-electron chi connectivity index (χ2n) is 22.8. The Morgan fingerprint density at radius 1 is 0.390 bits per heavy atom. The van der Waals surface area contributed by atoms with Crippen molar-refractivity contribution in [1.82, 2.24) is 0 Å². The van der Waals surface area contributed by atoms with Crippen molar-refractivity contribution >= 4 is 19.8 Å². The zero-order chi connectivity index (χ0) is 59.8. The molecular formula is C72H123NO8P+. The molecule has 82 heavy (non-hydrogen) atoms. The SMILES string of the molecule is CC/C=C\C/C=C\C/C=C\C/C=C\C/C=C\C/C=C\C/C=C\C/C=C\CCCCCCCCCCCCCCC(=O)OC(COC(=O)CCCCCCCC/C=C\C/C=C\C/C=C\CCCCCCC)COP(=O)(O)OCC[N+](C)(C)C. The van der Waals surface area contributed by atoms with Gasteiger partial charge < -0.3 is 18.9 Å². The Kier molecular flexibility index (Phi) is 58.8. The van der Waals surface area contributed by atoms with Crippen LogP contribution in [0.4, 0.5) is 0 Å². The molecule has 0 aliphatic rings. The van der Waals surface area contributed by atoms with Crippen LogP contribution in [0.5, 0.6) is 0 Å². The van der Waals surface area contributed by atoms with Crippen molar-refractivity contribution in [3.8, 4) is 0 Å². The Hall–Kier alpha value is -3.85. The molecule has 0 aliphatic carbocycles. The van der Waals surface area contributed by atoms with E-state index in [4.69, 9.17) is 18.5 Å². The highest BCUT2D eigenvalue weighted by molar-refractivity contribution is 7.47. The molecule has 0 saturated heterocycles. The van der Waals surface area contributed by atoms with Crippen LogP contribution < -0.4 is 0 Å². The molecule has 0 aliphatic heterocycles. The molecule has 0 heterocycles. The second-order valence-corrected chi connectivity index (χ2v) is 24.2. The van der Waals surface area contributed by atoms with Gasteiger partial charge >= 0.3 is 19.8 Å². The third-order valence-corrected chi connectivity index (χ3v) is 14.6. The van der Waals surface area contributed by atoms with Crippen LogP contribution in [0.2, 0.25) is 0 Å². The van der Waals surface area contributed by atoms with Crippen LogP contribution in [0, 0.1) is 0 Å². The van der Waals surface area contributed by atoms with Crippen molar-refractivity contribution in [3.63, 3.8) is 0 Å². The van der Waals surface area contributed by atoms with E-state index in [2.05, 4.69) is 148 Å². The molecule has 0 fully saturated rings. The topological polar surface area (TPSA) is 108 Å². The number of nitrogens with zero attached hydrogens (tertiary/aromatic N) is 1. The van der Waals surface area contributed by atoms with Gasteiger partial charge in [0.2, 0.25) is 0 Å². The van der Waals surface area contributed by atoms with Crippen molar-refractivity contribution in [1.29, 1.82) is 0 Å². The van der Waals surface area contributed by atoms with Crippen LogP contribution in [0.25, 0.3) is 0 Å². The molecule has 0 amide bonds. The predicted molar refractivity (Wildman–Crippen MR) is 353 cm³/mol. The van der Waals surface area contributed by atoms with Crippen LogP contribution >= 0.6 is 7.82 Å². The highest BCUT2D eigenvalue weighted by atomic mass is 31.2. The van der Waals surface area contributed by atoms with Gasteiger partial charge in [0.25, 0.3) is 0 Å². The third kappa shape index (κ3) is 65.3. The minimum absolute atomic E-state index is 0.0230. The van der Waals surface area contributed by atoms with Crippen molar-refractivity contribution < 1.29 is 42.1 Å². The Labute approximate surface area is 504 Å². The summed E-state index contributed by atoms with van der Waals surface area (Å²) in [5.74, 6) is -0.818. The number of hydrogen-bond acceptors (Lipinski definition) is 7. The first-order chi connectivity index (χ1) is 40.0. The molecule has 9 nitrogen and oxygen atoms in total. The van der Waals surface area contributed by atoms with Gasteiger partial charge in [0.15, 0.2) is 6.10 Å². The summed E-state index contributed by atoms with van der Waals surface area (Å²) in [4.78, 5) is 35.8. The molecule has 0 aromatic rings. The van der Waals surface area contributed by atoms with Gasteiger partial charge in [0.1, 0.15) is 19.8 Å². The second kappa shape index (κ2) is 61.7. The van der Waals surface area contributed by atoms with E-state index in [1.807, 2.05) is 21.1 Å². The summed E-state index contributed by atoms with van der Waals surface area (Å²) in [5.41, 5.74) is 0. The highest BCUT2D eigenvalue weighted by Gasteiger charge is 2.27. The van der Waals surface area contributed by atoms with E-state index in [1.54, 1.807) is 0 Å². The van der Waals surface area contributed by atoms with Gasteiger partial charge in [-0.1, -0.05) is 263 Å².